The van der Waals surface area contributed by atoms with Gasteiger partial charge in [-0.25, -0.2) is 0 Å². The van der Waals surface area contributed by atoms with Crippen molar-refractivity contribution in [1.29, 1.82) is 0 Å². The van der Waals surface area contributed by atoms with Crippen LogP contribution in [0.2, 0.25) is 0 Å². The van der Waals surface area contributed by atoms with Gasteiger partial charge in [-0.3, -0.25) is 0 Å². The molecule has 0 bridgehead atoms. The lowest BCUT2D eigenvalue weighted by atomic mass is 9.81. The number of ether oxygens (including phenoxy) is 3. The fourth-order valence-corrected chi connectivity index (χ4v) is 4.93. The zero-order chi connectivity index (χ0) is 17.8. The first-order chi connectivity index (χ1) is 12.8. The quantitative estimate of drug-likeness (QED) is 0.829. The van der Waals surface area contributed by atoms with Crippen LogP contribution in [-0.2, 0) is 4.74 Å². The zero-order valence-electron chi connectivity index (χ0n) is 16.0. The van der Waals surface area contributed by atoms with Crippen LogP contribution >= 0.6 is 0 Å². The van der Waals surface area contributed by atoms with Crippen molar-refractivity contribution < 1.29 is 14.2 Å². The van der Waals surface area contributed by atoms with E-state index in [2.05, 4.69) is 23.5 Å². The Bertz CT molecular complexity index is 579. The summed E-state index contributed by atoms with van der Waals surface area (Å²) in [6.45, 7) is 4.12. The highest BCUT2D eigenvalue weighted by atomic mass is 16.5. The molecule has 1 saturated carbocycles. The van der Waals surface area contributed by atoms with Crippen molar-refractivity contribution in [3.8, 4) is 11.5 Å². The van der Waals surface area contributed by atoms with Gasteiger partial charge in [-0.15, -0.1) is 0 Å². The molecule has 0 spiro atoms. The summed E-state index contributed by atoms with van der Waals surface area (Å²) in [5, 5.41) is 3.67. The standard InChI is InChI=1S/C22H33NO3/c1-24-21-7-6-18(12-22(21)26-20-4-2-3-5-20)19-11-17(13-23-14-19)10-16-8-9-25-15-16/h6-7,12,16-17,19-20,23H,2-5,8-11,13-15H2,1H3/t16?,17-,19+/m0/s1. The van der Waals surface area contributed by atoms with Gasteiger partial charge in [-0.2, -0.15) is 0 Å². The van der Waals surface area contributed by atoms with Gasteiger partial charge in [0.25, 0.3) is 0 Å². The van der Waals surface area contributed by atoms with Crippen LogP contribution in [0, 0.1) is 11.8 Å². The van der Waals surface area contributed by atoms with E-state index in [-0.39, 0.29) is 0 Å². The normalized spacial score (nSPS) is 29.8. The van der Waals surface area contributed by atoms with Gasteiger partial charge in [-0.05, 0) is 86.9 Å². The molecule has 2 aliphatic heterocycles. The lowest BCUT2D eigenvalue weighted by Crippen LogP contribution is -2.36. The fraction of sp³-hybridized carbons (Fsp3) is 0.727. The van der Waals surface area contributed by atoms with Crippen molar-refractivity contribution in [3.63, 3.8) is 0 Å². The average molecular weight is 360 g/mol. The number of nitrogens with one attached hydrogen (secondary N) is 1. The number of hydrogen-bond donors (Lipinski definition) is 1. The van der Waals surface area contributed by atoms with Gasteiger partial charge in [0.05, 0.1) is 13.2 Å². The predicted octanol–water partition coefficient (Wildman–Crippen LogP) is 4.14. The van der Waals surface area contributed by atoms with Crippen molar-refractivity contribution in [1.82, 2.24) is 5.32 Å². The van der Waals surface area contributed by atoms with Crippen LogP contribution in [0.25, 0.3) is 0 Å². The van der Waals surface area contributed by atoms with Gasteiger partial charge in [0, 0.05) is 19.8 Å². The number of methoxy groups -OCH3 is 1. The second-order valence-corrected chi connectivity index (χ2v) is 8.36. The van der Waals surface area contributed by atoms with E-state index in [1.165, 1.54) is 50.5 Å². The van der Waals surface area contributed by atoms with Gasteiger partial charge in [0.1, 0.15) is 0 Å². The molecule has 4 heteroatoms. The molecule has 1 aromatic rings. The highest BCUT2D eigenvalue weighted by Gasteiger charge is 2.28. The van der Waals surface area contributed by atoms with Crippen molar-refractivity contribution in [3.05, 3.63) is 23.8 Å². The summed E-state index contributed by atoms with van der Waals surface area (Å²) in [6, 6.07) is 6.56. The fourth-order valence-electron chi connectivity index (χ4n) is 4.93. The first-order valence-corrected chi connectivity index (χ1v) is 10.4. The molecule has 1 N–H and O–H groups in total. The van der Waals surface area contributed by atoms with Gasteiger partial charge in [-0.1, -0.05) is 6.07 Å². The summed E-state index contributed by atoms with van der Waals surface area (Å²) in [7, 11) is 1.73. The Morgan fingerprint density at radius 2 is 1.96 bits per heavy atom. The zero-order valence-corrected chi connectivity index (χ0v) is 16.0. The van der Waals surface area contributed by atoms with E-state index in [4.69, 9.17) is 14.2 Å². The molecule has 2 heterocycles. The van der Waals surface area contributed by atoms with Crippen molar-refractivity contribution in [2.75, 3.05) is 33.4 Å². The Morgan fingerprint density at radius 3 is 2.73 bits per heavy atom. The van der Waals surface area contributed by atoms with E-state index in [1.54, 1.807) is 7.11 Å². The third kappa shape index (κ3) is 4.34. The Balaban J connectivity index is 1.43. The van der Waals surface area contributed by atoms with Crippen LogP contribution in [-0.4, -0.2) is 39.5 Å². The first-order valence-electron chi connectivity index (χ1n) is 10.4. The van der Waals surface area contributed by atoms with Gasteiger partial charge in [0.2, 0.25) is 0 Å². The number of piperidine rings is 1. The molecule has 0 radical (unpaired) electrons. The Hall–Kier alpha value is -1.26. The maximum atomic E-state index is 6.30. The third-order valence-corrected chi connectivity index (χ3v) is 6.39. The van der Waals surface area contributed by atoms with Crippen LogP contribution in [0.1, 0.15) is 56.4 Å². The molecule has 4 nitrogen and oxygen atoms in total. The summed E-state index contributed by atoms with van der Waals surface area (Å²) < 4.78 is 17.4. The molecule has 1 unspecified atom stereocenters. The monoisotopic (exact) mass is 359 g/mol. The smallest absolute Gasteiger partial charge is 0.161 e. The topological polar surface area (TPSA) is 39.7 Å². The molecule has 1 aliphatic carbocycles. The molecule has 0 aromatic heterocycles. The molecule has 144 valence electrons. The summed E-state index contributed by atoms with van der Waals surface area (Å²) in [4.78, 5) is 0. The Morgan fingerprint density at radius 1 is 1.08 bits per heavy atom. The minimum absolute atomic E-state index is 0.360. The SMILES string of the molecule is COc1ccc([C@H]2CNC[C@@H](CC3CCOC3)C2)cc1OC1CCCC1. The molecule has 4 rings (SSSR count). The molecule has 1 aromatic carbocycles. The Labute approximate surface area is 157 Å². The van der Waals surface area contributed by atoms with Crippen LogP contribution in [0.3, 0.4) is 0 Å². The lowest BCUT2D eigenvalue weighted by molar-refractivity contribution is 0.176. The lowest BCUT2D eigenvalue weighted by Gasteiger charge is -2.32. The molecule has 3 fully saturated rings. The average Bonchev–Trinajstić information content (AvgIpc) is 3.36. The van der Waals surface area contributed by atoms with E-state index in [9.17, 15) is 0 Å². The third-order valence-electron chi connectivity index (χ3n) is 6.39. The molecular formula is C22H33NO3. The van der Waals surface area contributed by atoms with Crippen LogP contribution in [0.15, 0.2) is 18.2 Å². The predicted molar refractivity (Wildman–Crippen MR) is 103 cm³/mol. The molecular weight excluding hydrogens is 326 g/mol. The highest BCUT2D eigenvalue weighted by molar-refractivity contribution is 5.44. The van der Waals surface area contributed by atoms with Crippen molar-refractivity contribution in [2.24, 2.45) is 11.8 Å². The largest absolute Gasteiger partial charge is 0.493 e. The van der Waals surface area contributed by atoms with Crippen LogP contribution in [0.4, 0.5) is 0 Å². The van der Waals surface area contributed by atoms with E-state index in [0.717, 1.165) is 49.6 Å². The maximum Gasteiger partial charge on any atom is 0.161 e. The second kappa shape index (κ2) is 8.62. The molecule has 3 atom stereocenters. The van der Waals surface area contributed by atoms with Gasteiger partial charge in [0.15, 0.2) is 11.5 Å². The van der Waals surface area contributed by atoms with Gasteiger partial charge >= 0.3 is 0 Å². The molecule has 0 amide bonds. The van der Waals surface area contributed by atoms with Crippen molar-refractivity contribution in [2.45, 2.75) is 57.0 Å². The molecule has 2 saturated heterocycles. The number of rotatable bonds is 6. The minimum Gasteiger partial charge on any atom is -0.493 e. The Kier molecular flexibility index (Phi) is 6.01. The summed E-state index contributed by atoms with van der Waals surface area (Å²) >= 11 is 0. The number of hydrogen-bond acceptors (Lipinski definition) is 4. The van der Waals surface area contributed by atoms with E-state index in [1.807, 2.05) is 0 Å². The van der Waals surface area contributed by atoms with E-state index in [0.29, 0.717) is 12.0 Å². The maximum absolute atomic E-state index is 6.30. The second-order valence-electron chi connectivity index (χ2n) is 8.36. The van der Waals surface area contributed by atoms with Crippen LogP contribution < -0.4 is 14.8 Å². The summed E-state index contributed by atoms with van der Waals surface area (Å²) in [5.41, 5.74) is 1.39. The summed E-state index contributed by atoms with van der Waals surface area (Å²) in [5.74, 6) is 3.87. The van der Waals surface area contributed by atoms with Crippen molar-refractivity contribution >= 4 is 0 Å². The van der Waals surface area contributed by atoms with Gasteiger partial charge < -0.3 is 19.5 Å². The summed E-state index contributed by atoms with van der Waals surface area (Å²) in [6.07, 6.45) is 9.07. The van der Waals surface area contributed by atoms with Crippen LogP contribution in [0.5, 0.6) is 11.5 Å². The van der Waals surface area contributed by atoms with E-state index < -0.39 is 0 Å². The first kappa shape index (κ1) is 18.1. The van der Waals surface area contributed by atoms with E-state index >= 15 is 0 Å². The molecule has 26 heavy (non-hydrogen) atoms. The molecule has 3 aliphatic rings. The highest BCUT2D eigenvalue weighted by Crippen LogP contribution is 2.37. The number of benzene rings is 1. The minimum atomic E-state index is 0.360.